The van der Waals surface area contributed by atoms with Gasteiger partial charge in [-0.1, -0.05) is 6.92 Å². The number of amides is 1. The molecule has 0 aliphatic carbocycles. The van der Waals surface area contributed by atoms with E-state index in [-0.39, 0.29) is 17.9 Å². The first-order chi connectivity index (χ1) is 7.54. The van der Waals surface area contributed by atoms with Crippen LogP contribution in [0.15, 0.2) is 5.38 Å². The van der Waals surface area contributed by atoms with Crippen molar-refractivity contribution in [3.05, 3.63) is 16.1 Å². The zero-order valence-electron chi connectivity index (χ0n) is 10.2. The van der Waals surface area contributed by atoms with Gasteiger partial charge < -0.3 is 10.6 Å². The van der Waals surface area contributed by atoms with Crippen LogP contribution in [0, 0.1) is 12.8 Å². The van der Waals surface area contributed by atoms with Gasteiger partial charge in [0, 0.05) is 23.5 Å². The number of hydrogen-bond acceptors (Lipinski definition) is 4. The van der Waals surface area contributed by atoms with Gasteiger partial charge >= 0.3 is 0 Å². The number of nitrogens with zero attached hydrogens (tertiary/aromatic N) is 1. The van der Waals surface area contributed by atoms with Crippen molar-refractivity contribution < 1.29 is 4.79 Å². The molecule has 0 fully saturated rings. The van der Waals surface area contributed by atoms with Gasteiger partial charge in [-0.3, -0.25) is 4.79 Å². The van der Waals surface area contributed by atoms with E-state index in [0.29, 0.717) is 6.54 Å². The molecular weight excluding hydrogens is 222 g/mol. The summed E-state index contributed by atoms with van der Waals surface area (Å²) in [4.78, 5) is 16.1. The molecule has 1 heterocycles. The highest BCUT2D eigenvalue weighted by Crippen LogP contribution is 2.17. The Morgan fingerprint density at radius 2 is 2.25 bits per heavy atom. The molecule has 16 heavy (non-hydrogen) atoms. The predicted octanol–water partition coefficient (Wildman–Crippen LogP) is 1.48. The van der Waals surface area contributed by atoms with Crippen molar-refractivity contribution in [3.8, 4) is 0 Å². The maximum atomic E-state index is 11.7. The number of carbonyl (C=O) groups excluding carboxylic acids is 1. The fourth-order valence-electron chi connectivity index (χ4n) is 1.39. The third-order valence-corrected chi connectivity index (χ3v) is 3.47. The van der Waals surface area contributed by atoms with E-state index in [9.17, 15) is 4.79 Å². The van der Waals surface area contributed by atoms with Crippen LogP contribution in [0.4, 0.5) is 0 Å². The van der Waals surface area contributed by atoms with Gasteiger partial charge in [0.05, 0.1) is 6.04 Å². The van der Waals surface area contributed by atoms with Crippen LogP contribution in [0.2, 0.25) is 0 Å². The summed E-state index contributed by atoms with van der Waals surface area (Å²) in [5.41, 5.74) is 1.00. The standard InChI is InChI=1S/C11H19N3OS/c1-7(5-12-4)10(15)14-9(3)11-13-8(2)6-16-11/h6-7,9,12H,5H2,1-4H3,(H,14,15). The molecule has 5 heteroatoms. The molecule has 0 saturated heterocycles. The minimum atomic E-state index is -0.0199. The van der Waals surface area contributed by atoms with E-state index < -0.39 is 0 Å². The third kappa shape index (κ3) is 3.57. The first-order valence-electron chi connectivity index (χ1n) is 5.41. The maximum Gasteiger partial charge on any atom is 0.224 e. The SMILES string of the molecule is CNCC(C)C(=O)NC(C)c1nc(C)cs1. The molecular formula is C11H19N3OS. The van der Waals surface area contributed by atoms with Crippen LogP contribution in [-0.2, 0) is 4.79 Å². The number of rotatable bonds is 5. The predicted molar refractivity (Wildman–Crippen MR) is 66.5 cm³/mol. The van der Waals surface area contributed by atoms with Gasteiger partial charge in [0.15, 0.2) is 0 Å². The van der Waals surface area contributed by atoms with Crippen LogP contribution in [-0.4, -0.2) is 24.5 Å². The van der Waals surface area contributed by atoms with E-state index in [4.69, 9.17) is 0 Å². The summed E-state index contributed by atoms with van der Waals surface area (Å²) in [5.74, 6) is 0.0446. The number of hydrogen-bond donors (Lipinski definition) is 2. The monoisotopic (exact) mass is 241 g/mol. The summed E-state index contributed by atoms with van der Waals surface area (Å²) in [6.07, 6.45) is 0. The van der Waals surface area contributed by atoms with Crippen LogP contribution in [0.25, 0.3) is 0 Å². The van der Waals surface area contributed by atoms with Gasteiger partial charge in [-0.05, 0) is 20.9 Å². The van der Waals surface area contributed by atoms with Crippen molar-refractivity contribution in [2.45, 2.75) is 26.8 Å². The molecule has 90 valence electrons. The molecule has 1 amide bonds. The highest BCUT2D eigenvalue weighted by Gasteiger charge is 2.16. The number of thiazole rings is 1. The Morgan fingerprint density at radius 1 is 1.56 bits per heavy atom. The van der Waals surface area contributed by atoms with Crippen LogP contribution >= 0.6 is 11.3 Å². The topological polar surface area (TPSA) is 54.0 Å². The van der Waals surface area contributed by atoms with E-state index >= 15 is 0 Å². The van der Waals surface area contributed by atoms with Gasteiger partial charge in [-0.25, -0.2) is 4.98 Å². The second-order valence-electron chi connectivity index (χ2n) is 4.02. The molecule has 0 radical (unpaired) electrons. The molecule has 0 aromatic carbocycles. The van der Waals surface area contributed by atoms with E-state index in [1.54, 1.807) is 11.3 Å². The molecule has 0 aliphatic heterocycles. The van der Waals surface area contributed by atoms with Crippen molar-refractivity contribution in [2.75, 3.05) is 13.6 Å². The molecule has 4 nitrogen and oxygen atoms in total. The van der Waals surface area contributed by atoms with E-state index in [0.717, 1.165) is 10.7 Å². The molecule has 1 aromatic heterocycles. The van der Waals surface area contributed by atoms with Gasteiger partial charge in [0.25, 0.3) is 0 Å². The van der Waals surface area contributed by atoms with Crippen molar-refractivity contribution in [2.24, 2.45) is 5.92 Å². The van der Waals surface area contributed by atoms with Crippen molar-refractivity contribution in [3.63, 3.8) is 0 Å². The Morgan fingerprint density at radius 3 is 2.75 bits per heavy atom. The van der Waals surface area contributed by atoms with E-state index in [2.05, 4.69) is 15.6 Å². The lowest BCUT2D eigenvalue weighted by Crippen LogP contribution is -2.35. The summed E-state index contributed by atoms with van der Waals surface area (Å²) in [5, 5.41) is 8.91. The summed E-state index contributed by atoms with van der Waals surface area (Å²) in [7, 11) is 1.84. The average molecular weight is 241 g/mol. The van der Waals surface area contributed by atoms with Crippen LogP contribution in [0.3, 0.4) is 0 Å². The fraction of sp³-hybridized carbons (Fsp3) is 0.636. The van der Waals surface area contributed by atoms with Gasteiger partial charge in [0.1, 0.15) is 5.01 Å². The van der Waals surface area contributed by atoms with Gasteiger partial charge in [0.2, 0.25) is 5.91 Å². The van der Waals surface area contributed by atoms with Crippen molar-refractivity contribution in [1.29, 1.82) is 0 Å². The highest BCUT2D eigenvalue weighted by atomic mass is 32.1. The normalized spacial score (nSPS) is 14.5. The second kappa shape index (κ2) is 5.96. The molecule has 0 saturated carbocycles. The first kappa shape index (κ1) is 13.1. The van der Waals surface area contributed by atoms with Crippen LogP contribution in [0.1, 0.15) is 30.6 Å². The molecule has 2 N–H and O–H groups in total. The summed E-state index contributed by atoms with van der Waals surface area (Å²) in [6, 6.07) is -0.00879. The molecule has 0 aliphatic rings. The summed E-state index contributed by atoms with van der Waals surface area (Å²) >= 11 is 1.58. The lowest BCUT2D eigenvalue weighted by Gasteiger charge is -2.15. The Kier molecular flexibility index (Phi) is 4.89. The Hall–Kier alpha value is -0.940. The number of aromatic nitrogens is 1. The van der Waals surface area contributed by atoms with Crippen LogP contribution in [0.5, 0.6) is 0 Å². The quantitative estimate of drug-likeness (QED) is 0.821. The number of aryl methyl sites for hydroxylation is 1. The number of carbonyl (C=O) groups is 1. The molecule has 0 spiro atoms. The largest absolute Gasteiger partial charge is 0.347 e. The minimum Gasteiger partial charge on any atom is -0.347 e. The molecule has 0 bridgehead atoms. The lowest BCUT2D eigenvalue weighted by molar-refractivity contribution is -0.125. The van der Waals surface area contributed by atoms with Crippen molar-refractivity contribution >= 4 is 17.2 Å². The van der Waals surface area contributed by atoms with E-state index in [1.165, 1.54) is 0 Å². The molecule has 1 aromatic rings. The maximum absolute atomic E-state index is 11.7. The second-order valence-corrected chi connectivity index (χ2v) is 4.91. The number of nitrogens with one attached hydrogen (secondary N) is 2. The molecule has 1 rings (SSSR count). The lowest BCUT2D eigenvalue weighted by atomic mass is 10.1. The fourth-order valence-corrected chi connectivity index (χ4v) is 2.19. The zero-order valence-corrected chi connectivity index (χ0v) is 11.0. The van der Waals surface area contributed by atoms with E-state index in [1.807, 2.05) is 33.2 Å². The smallest absolute Gasteiger partial charge is 0.224 e. The third-order valence-electron chi connectivity index (χ3n) is 2.32. The summed E-state index contributed by atoms with van der Waals surface area (Å²) in [6.45, 7) is 6.52. The Balaban J connectivity index is 2.51. The molecule has 2 atom stereocenters. The molecule has 2 unspecified atom stereocenters. The van der Waals surface area contributed by atoms with Gasteiger partial charge in [-0.2, -0.15) is 0 Å². The van der Waals surface area contributed by atoms with Crippen LogP contribution < -0.4 is 10.6 Å². The minimum absolute atomic E-state index is 0.00879. The summed E-state index contributed by atoms with van der Waals surface area (Å²) < 4.78 is 0. The van der Waals surface area contributed by atoms with Crippen molar-refractivity contribution in [1.82, 2.24) is 15.6 Å². The highest BCUT2D eigenvalue weighted by molar-refractivity contribution is 7.09. The Labute approximate surface area is 100 Å². The Bertz CT molecular complexity index is 351. The zero-order chi connectivity index (χ0) is 12.1. The average Bonchev–Trinajstić information content (AvgIpc) is 2.65. The van der Waals surface area contributed by atoms with Gasteiger partial charge in [-0.15, -0.1) is 11.3 Å². The first-order valence-corrected chi connectivity index (χ1v) is 6.29.